The Labute approximate surface area is 91.9 Å². The Morgan fingerprint density at radius 2 is 2.00 bits per heavy atom. The van der Waals surface area contributed by atoms with Crippen LogP contribution in [0.5, 0.6) is 0 Å². The number of rotatable bonds is 3. The van der Waals surface area contributed by atoms with Crippen molar-refractivity contribution in [2.45, 2.75) is 11.8 Å². The molecule has 1 aromatic carbocycles. The average Bonchev–Trinajstić information content (AvgIpc) is 2.15. The first-order valence-corrected chi connectivity index (χ1v) is 5.23. The molecule has 0 saturated carbocycles. The highest BCUT2D eigenvalue weighted by Gasteiger charge is 1.97. The first kappa shape index (κ1) is 11.0. The number of alkyl halides is 1. The quantitative estimate of drug-likeness (QED) is 0.827. The molecular weight excluding hydrogens is 242 g/mol. The van der Waals surface area contributed by atoms with Crippen molar-refractivity contribution in [1.82, 2.24) is 0 Å². The molecule has 0 radical (unpaired) electrons. The summed E-state index contributed by atoms with van der Waals surface area (Å²) in [5.41, 5.74) is 6.71. The Kier molecular flexibility index (Phi) is 3.89. The van der Waals surface area contributed by atoms with Crippen molar-refractivity contribution in [2.75, 3.05) is 0 Å². The Bertz CT molecular complexity index is 341. The van der Waals surface area contributed by atoms with E-state index in [-0.39, 0.29) is 0 Å². The number of hydrogen-bond donors (Lipinski definition) is 1. The molecule has 2 N–H and O–H groups in total. The van der Waals surface area contributed by atoms with Crippen LogP contribution < -0.4 is 5.73 Å². The Balaban J connectivity index is 2.78. The summed E-state index contributed by atoms with van der Waals surface area (Å²) in [6, 6.07) is 7.18. The van der Waals surface area contributed by atoms with E-state index in [9.17, 15) is 4.79 Å². The van der Waals surface area contributed by atoms with Crippen molar-refractivity contribution in [1.29, 1.82) is 0 Å². The molecule has 14 heavy (non-hydrogen) atoms. The summed E-state index contributed by atoms with van der Waals surface area (Å²) in [6.07, 6.45) is 4.02. The van der Waals surface area contributed by atoms with E-state index in [1.165, 1.54) is 0 Å². The zero-order valence-electron chi connectivity index (χ0n) is 7.91. The van der Waals surface area contributed by atoms with Gasteiger partial charge >= 0.3 is 0 Å². The second-order valence-electron chi connectivity index (χ2n) is 3.02. The van der Waals surface area contributed by atoms with Gasteiger partial charge in [-0.05, 0) is 24.6 Å². The van der Waals surface area contributed by atoms with Gasteiger partial charge in [-0.15, -0.1) is 0 Å². The van der Waals surface area contributed by atoms with Gasteiger partial charge in [0.1, 0.15) is 0 Å². The maximum absolute atomic E-state index is 10.8. The summed E-state index contributed by atoms with van der Waals surface area (Å²) < 4.78 is 0. The van der Waals surface area contributed by atoms with Crippen LogP contribution in [0.3, 0.4) is 0 Å². The lowest BCUT2D eigenvalue weighted by atomic mass is 10.1. The molecule has 0 aromatic heterocycles. The number of amides is 1. The summed E-state index contributed by atoms with van der Waals surface area (Å²) in [5.74, 6) is -0.394. The number of nitrogens with two attached hydrogens (primary N) is 1. The van der Waals surface area contributed by atoms with E-state index in [1.807, 2.05) is 31.2 Å². The standard InChI is InChI=1S/C11H12BrNO/c1-8(12)2-3-9-4-6-10(7-5-9)11(13)14/h2-8H,1H3,(H2,13,14)/b3-2+. The molecule has 0 fully saturated rings. The fourth-order valence-electron chi connectivity index (χ4n) is 1.00. The second kappa shape index (κ2) is 4.96. The number of carbonyl (C=O) groups excluding carboxylic acids is 1. The average molecular weight is 254 g/mol. The van der Waals surface area contributed by atoms with Gasteiger partial charge in [0, 0.05) is 10.4 Å². The zero-order valence-corrected chi connectivity index (χ0v) is 9.49. The Hall–Kier alpha value is -1.09. The molecule has 1 unspecified atom stereocenters. The Morgan fingerprint density at radius 3 is 2.43 bits per heavy atom. The van der Waals surface area contributed by atoms with Crippen LogP contribution in [0.1, 0.15) is 22.8 Å². The first-order chi connectivity index (χ1) is 6.59. The molecule has 74 valence electrons. The van der Waals surface area contributed by atoms with Crippen LogP contribution in [0.15, 0.2) is 30.3 Å². The normalized spacial score (nSPS) is 13.0. The number of hydrogen-bond acceptors (Lipinski definition) is 1. The van der Waals surface area contributed by atoms with E-state index in [2.05, 4.69) is 15.9 Å². The van der Waals surface area contributed by atoms with Gasteiger partial charge < -0.3 is 5.73 Å². The van der Waals surface area contributed by atoms with Crippen molar-refractivity contribution >= 4 is 27.9 Å². The van der Waals surface area contributed by atoms with Crippen molar-refractivity contribution in [3.8, 4) is 0 Å². The molecular formula is C11H12BrNO. The monoisotopic (exact) mass is 253 g/mol. The minimum Gasteiger partial charge on any atom is -0.366 e. The molecule has 0 saturated heterocycles. The number of benzene rings is 1. The molecule has 0 aliphatic carbocycles. The van der Waals surface area contributed by atoms with Gasteiger partial charge in [0.2, 0.25) is 5.91 Å². The van der Waals surface area contributed by atoms with Gasteiger partial charge in [-0.25, -0.2) is 0 Å². The minimum atomic E-state index is -0.394. The van der Waals surface area contributed by atoms with E-state index in [4.69, 9.17) is 5.73 Å². The third kappa shape index (κ3) is 3.34. The molecule has 0 spiro atoms. The largest absolute Gasteiger partial charge is 0.366 e. The summed E-state index contributed by atoms with van der Waals surface area (Å²) in [5, 5.41) is 0. The van der Waals surface area contributed by atoms with Crippen molar-refractivity contribution < 1.29 is 4.79 Å². The lowest BCUT2D eigenvalue weighted by Crippen LogP contribution is -2.10. The maximum Gasteiger partial charge on any atom is 0.248 e. The highest BCUT2D eigenvalue weighted by atomic mass is 79.9. The molecule has 1 aromatic rings. The number of halogens is 1. The van der Waals surface area contributed by atoms with Gasteiger partial charge in [-0.2, -0.15) is 0 Å². The summed E-state index contributed by atoms with van der Waals surface area (Å²) in [6.45, 7) is 2.04. The Morgan fingerprint density at radius 1 is 1.43 bits per heavy atom. The SMILES string of the molecule is CC(Br)/C=C/c1ccc(C(N)=O)cc1. The molecule has 0 bridgehead atoms. The van der Waals surface area contributed by atoms with Crippen LogP contribution in [-0.4, -0.2) is 10.7 Å². The highest BCUT2D eigenvalue weighted by Crippen LogP contribution is 2.08. The van der Waals surface area contributed by atoms with Crippen LogP contribution in [0.2, 0.25) is 0 Å². The number of primary amides is 1. The second-order valence-corrected chi connectivity index (χ2v) is 4.47. The van der Waals surface area contributed by atoms with Crippen LogP contribution in [0.25, 0.3) is 6.08 Å². The van der Waals surface area contributed by atoms with E-state index in [1.54, 1.807) is 12.1 Å². The summed E-state index contributed by atoms with van der Waals surface area (Å²) in [4.78, 5) is 11.1. The first-order valence-electron chi connectivity index (χ1n) is 4.32. The van der Waals surface area contributed by atoms with Crippen molar-refractivity contribution in [2.24, 2.45) is 5.73 Å². The molecule has 1 rings (SSSR count). The summed E-state index contributed by atoms with van der Waals surface area (Å²) >= 11 is 3.41. The fraction of sp³-hybridized carbons (Fsp3) is 0.182. The third-order valence-corrected chi connectivity index (χ3v) is 2.05. The molecule has 3 heteroatoms. The predicted octanol–water partition coefficient (Wildman–Crippen LogP) is 2.58. The van der Waals surface area contributed by atoms with Gasteiger partial charge in [-0.3, -0.25) is 4.79 Å². The van der Waals surface area contributed by atoms with Gasteiger partial charge in [0.15, 0.2) is 0 Å². The van der Waals surface area contributed by atoms with Gasteiger partial charge in [0.25, 0.3) is 0 Å². The predicted molar refractivity (Wildman–Crippen MR) is 62.4 cm³/mol. The topological polar surface area (TPSA) is 43.1 Å². The van der Waals surface area contributed by atoms with Gasteiger partial charge in [0.05, 0.1) is 0 Å². The van der Waals surface area contributed by atoms with Crippen LogP contribution in [0.4, 0.5) is 0 Å². The highest BCUT2D eigenvalue weighted by molar-refractivity contribution is 9.09. The smallest absolute Gasteiger partial charge is 0.248 e. The lowest BCUT2D eigenvalue weighted by molar-refractivity contribution is 0.100. The number of carbonyl (C=O) groups is 1. The van der Waals surface area contributed by atoms with Crippen molar-refractivity contribution in [3.05, 3.63) is 41.5 Å². The van der Waals surface area contributed by atoms with Crippen molar-refractivity contribution in [3.63, 3.8) is 0 Å². The van der Waals surface area contributed by atoms with E-state index >= 15 is 0 Å². The maximum atomic E-state index is 10.8. The minimum absolute atomic E-state index is 0.346. The number of allylic oxidation sites excluding steroid dienone is 1. The van der Waals surface area contributed by atoms with E-state index < -0.39 is 5.91 Å². The van der Waals surface area contributed by atoms with Gasteiger partial charge in [-0.1, -0.05) is 40.2 Å². The summed E-state index contributed by atoms with van der Waals surface area (Å²) in [7, 11) is 0. The fourth-order valence-corrected chi connectivity index (χ4v) is 1.15. The van der Waals surface area contributed by atoms with E-state index in [0.717, 1.165) is 5.56 Å². The molecule has 0 heterocycles. The molecule has 1 atom stereocenters. The van der Waals surface area contributed by atoms with Crippen LogP contribution in [-0.2, 0) is 0 Å². The molecule has 2 nitrogen and oxygen atoms in total. The molecule has 1 amide bonds. The van der Waals surface area contributed by atoms with Crippen LogP contribution >= 0.6 is 15.9 Å². The zero-order chi connectivity index (χ0) is 10.6. The molecule has 0 aliphatic rings. The lowest BCUT2D eigenvalue weighted by Gasteiger charge is -1.97. The van der Waals surface area contributed by atoms with Crippen LogP contribution in [0, 0.1) is 0 Å². The van der Waals surface area contributed by atoms with E-state index in [0.29, 0.717) is 10.4 Å². The third-order valence-electron chi connectivity index (χ3n) is 1.75. The molecule has 0 aliphatic heterocycles.